The van der Waals surface area contributed by atoms with Gasteiger partial charge >= 0.3 is 0 Å². The lowest BCUT2D eigenvalue weighted by atomic mass is 9.75. The summed E-state index contributed by atoms with van der Waals surface area (Å²) in [5.41, 5.74) is 14.3. The molecule has 1 aromatic heterocycles. The fourth-order valence-corrected chi connectivity index (χ4v) is 3.83. The van der Waals surface area contributed by atoms with Crippen molar-refractivity contribution >= 4 is 5.69 Å². The standard InChI is InChI=1S/C22H31N3/c1-6-18-11-20-21(12-19(18)16(3)23)25(10-9-22(20,4)5)14-17-8-7-15(2)24-13-17/h7-8,11-13,16H,6,9-10,14,23H2,1-5H3. The summed E-state index contributed by atoms with van der Waals surface area (Å²) in [4.78, 5) is 6.95. The van der Waals surface area contributed by atoms with Gasteiger partial charge in [0.1, 0.15) is 0 Å². The van der Waals surface area contributed by atoms with Crippen LogP contribution in [0.15, 0.2) is 30.5 Å². The summed E-state index contributed by atoms with van der Waals surface area (Å²) < 4.78 is 0. The quantitative estimate of drug-likeness (QED) is 0.882. The Labute approximate surface area is 152 Å². The number of hydrogen-bond donors (Lipinski definition) is 1. The minimum Gasteiger partial charge on any atom is -0.367 e. The molecule has 2 heterocycles. The highest BCUT2D eigenvalue weighted by Crippen LogP contribution is 2.42. The third-order valence-corrected chi connectivity index (χ3v) is 5.55. The summed E-state index contributed by atoms with van der Waals surface area (Å²) in [6, 6.07) is 9.11. The first-order valence-electron chi connectivity index (χ1n) is 9.41. The largest absolute Gasteiger partial charge is 0.367 e. The maximum Gasteiger partial charge on any atom is 0.0444 e. The van der Waals surface area contributed by atoms with Crippen LogP contribution >= 0.6 is 0 Å². The molecule has 3 heteroatoms. The molecule has 0 spiro atoms. The molecule has 0 fully saturated rings. The first-order chi connectivity index (χ1) is 11.8. The highest BCUT2D eigenvalue weighted by atomic mass is 15.1. The second-order valence-corrected chi connectivity index (χ2v) is 8.07. The van der Waals surface area contributed by atoms with Gasteiger partial charge in [0.05, 0.1) is 0 Å². The van der Waals surface area contributed by atoms with Crippen LogP contribution in [-0.4, -0.2) is 11.5 Å². The lowest BCUT2D eigenvalue weighted by Gasteiger charge is -2.41. The third kappa shape index (κ3) is 3.57. The number of aryl methyl sites for hydroxylation is 2. The molecule has 0 saturated carbocycles. The molecule has 134 valence electrons. The number of fused-ring (bicyclic) bond motifs is 1. The van der Waals surface area contributed by atoms with Crippen LogP contribution in [0.25, 0.3) is 0 Å². The Hall–Kier alpha value is -1.87. The van der Waals surface area contributed by atoms with E-state index >= 15 is 0 Å². The summed E-state index contributed by atoms with van der Waals surface area (Å²) in [6.45, 7) is 13.0. The van der Waals surface area contributed by atoms with Crippen LogP contribution in [0.2, 0.25) is 0 Å². The van der Waals surface area contributed by atoms with Crippen molar-refractivity contribution in [3.8, 4) is 0 Å². The van der Waals surface area contributed by atoms with Gasteiger partial charge in [-0.05, 0) is 66.5 Å². The zero-order chi connectivity index (χ0) is 18.2. The van der Waals surface area contributed by atoms with E-state index in [1.165, 1.54) is 34.4 Å². The van der Waals surface area contributed by atoms with Gasteiger partial charge in [0.2, 0.25) is 0 Å². The van der Waals surface area contributed by atoms with Gasteiger partial charge in [-0.1, -0.05) is 32.9 Å². The second kappa shape index (κ2) is 6.80. The van der Waals surface area contributed by atoms with E-state index in [1.807, 2.05) is 13.1 Å². The molecule has 1 aliphatic rings. The first-order valence-corrected chi connectivity index (χ1v) is 9.41. The molecule has 2 N–H and O–H groups in total. The van der Waals surface area contributed by atoms with Gasteiger partial charge in [0.15, 0.2) is 0 Å². The molecule has 3 nitrogen and oxygen atoms in total. The van der Waals surface area contributed by atoms with E-state index in [9.17, 15) is 0 Å². The van der Waals surface area contributed by atoms with Gasteiger partial charge in [0, 0.05) is 36.7 Å². The normalized spacial score (nSPS) is 17.3. The van der Waals surface area contributed by atoms with Crippen LogP contribution < -0.4 is 10.6 Å². The molecule has 2 aromatic rings. The summed E-state index contributed by atoms with van der Waals surface area (Å²) >= 11 is 0. The van der Waals surface area contributed by atoms with Crippen molar-refractivity contribution in [3.05, 3.63) is 58.4 Å². The monoisotopic (exact) mass is 337 g/mol. The fraction of sp³-hybridized carbons (Fsp3) is 0.500. The Bertz CT molecular complexity index is 745. The van der Waals surface area contributed by atoms with Crippen molar-refractivity contribution in [2.75, 3.05) is 11.4 Å². The zero-order valence-corrected chi connectivity index (χ0v) is 16.3. The molecule has 0 radical (unpaired) electrons. The van der Waals surface area contributed by atoms with E-state index < -0.39 is 0 Å². The molecule has 0 bridgehead atoms. The van der Waals surface area contributed by atoms with Crippen LogP contribution in [0.5, 0.6) is 0 Å². The van der Waals surface area contributed by atoms with E-state index in [2.05, 4.69) is 61.8 Å². The topological polar surface area (TPSA) is 42.1 Å². The third-order valence-electron chi connectivity index (χ3n) is 5.55. The number of anilines is 1. The maximum atomic E-state index is 6.28. The zero-order valence-electron chi connectivity index (χ0n) is 16.3. The number of nitrogens with zero attached hydrogens (tertiary/aromatic N) is 2. The molecule has 0 aliphatic carbocycles. The fourth-order valence-electron chi connectivity index (χ4n) is 3.83. The van der Waals surface area contributed by atoms with E-state index in [0.29, 0.717) is 0 Å². The highest BCUT2D eigenvalue weighted by molar-refractivity contribution is 5.62. The van der Waals surface area contributed by atoms with Gasteiger partial charge in [-0.2, -0.15) is 0 Å². The SMILES string of the molecule is CCc1cc2c(cc1C(C)N)N(Cc1ccc(C)nc1)CCC2(C)C. The molecular formula is C22H31N3. The highest BCUT2D eigenvalue weighted by Gasteiger charge is 2.32. The Morgan fingerprint density at radius 3 is 2.64 bits per heavy atom. The van der Waals surface area contributed by atoms with Crippen molar-refractivity contribution in [3.63, 3.8) is 0 Å². The molecular weight excluding hydrogens is 306 g/mol. The van der Waals surface area contributed by atoms with E-state index in [0.717, 1.165) is 25.2 Å². The predicted octanol–water partition coefficient (Wildman–Crippen LogP) is 4.66. The molecule has 1 atom stereocenters. The number of rotatable bonds is 4. The average Bonchev–Trinajstić information content (AvgIpc) is 2.58. The van der Waals surface area contributed by atoms with Crippen molar-refractivity contribution in [2.45, 2.75) is 65.5 Å². The van der Waals surface area contributed by atoms with Crippen LogP contribution in [0.4, 0.5) is 5.69 Å². The summed E-state index contributed by atoms with van der Waals surface area (Å²) in [6.07, 6.45) is 4.20. The van der Waals surface area contributed by atoms with Crippen molar-refractivity contribution < 1.29 is 0 Å². The Kier molecular flexibility index (Phi) is 4.88. The Balaban J connectivity index is 2.04. The van der Waals surface area contributed by atoms with E-state index in [1.54, 1.807) is 0 Å². The van der Waals surface area contributed by atoms with Crippen LogP contribution in [-0.2, 0) is 18.4 Å². The number of nitrogens with two attached hydrogens (primary N) is 1. The Morgan fingerprint density at radius 1 is 1.28 bits per heavy atom. The van der Waals surface area contributed by atoms with Gasteiger partial charge in [-0.15, -0.1) is 0 Å². The van der Waals surface area contributed by atoms with Crippen LogP contribution in [0.1, 0.15) is 68.1 Å². The lowest BCUT2D eigenvalue weighted by Crippen LogP contribution is -2.37. The van der Waals surface area contributed by atoms with Crippen molar-refractivity contribution in [1.82, 2.24) is 4.98 Å². The maximum absolute atomic E-state index is 6.28. The molecule has 1 aliphatic heterocycles. The van der Waals surface area contributed by atoms with Crippen molar-refractivity contribution in [2.24, 2.45) is 5.73 Å². The molecule has 1 unspecified atom stereocenters. The number of aromatic nitrogens is 1. The molecule has 0 saturated heterocycles. The van der Waals surface area contributed by atoms with Gasteiger partial charge in [-0.3, -0.25) is 4.98 Å². The lowest BCUT2D eigenvalue weighted by molar-refractivity contribution is 0.451. The smallest absolute Gasteiger partial charge is 0.0444 e. The van der Waals surface area contributed by atoms with E-state index in [-0.39, 0.29) is 11.5 Å². The van der Waals surface area contributed by atoms with Crippen molar-refractivity contribution in [1.29, 1.82) is 0 Å². The minimum atomic E-state index is 0.0631. The predicted molar refractivity (Wildman–Crippen MR) is 106 cm³/mol. The van der Waals surface area contributed by atoms with Crippen LogP contribution in [0.3, 0.4) is 0 Å². The second-order valence-electron chi connectivity index (χ2n) is 8.07. The summed E-state index contributed by atoms with van der Waals surface area (Å²) in [7, 11) is 0. The molecule has 25 heavy (non-hydrogen) atoms. The number of hydrogen-bond acceptors (Lipinski definition) is 3. The summed E-state index contributed by atoms with van der Waals surface area (Å²) in [5, 5.41) is 0. The molecule has 1 aromatic carbocycles. The number of pyridine rings is 1. The first kappa shape index (κ1) is 17.9. The molecule has 0 amide bonds. The summed E-state index contributed by atoms with van der Waals surface area (Å²) in [5.74, 6) is 0. The van der Waals surface area contributed by atoms with Gasteiger partial charge in [0.25, 0.3) is 0 Å². The molecule has 3 rings (SSSR count). The average molecular weight is 338 g/mol. The minimum absolute atomic E-state index is 0.0631. The Morgan fingerprint density at radius 2 is 2.04 bits per heavy atom. The number of benzene rings is 1. The van der Waals surface area contributed by atoms with Crippen LogP contribution in [0, 0.1) is 6.92 Å². The van der Waals surface area contributed by atoms with Gasteiger partial charge < -0.3 is 10.6 Å². The van der Waals surface area contributed by atoms with E-state index in [4.69, 9.17) is 5.73 Å². The van der Waals surface area contributed by atoms with Gasteiger partial charge in [-0.25, -0.2) is 0 Å².